The molecule has 0 bridgehead atoms. The van der Waals surface area contributed by atoms with Gasteiger partial charge in [-0.3, -0.25) is 4.79 Å². The second-order valence-corrected chi connectivity index (χ2v) is 5.30. The number of aromatic nitrogens is 2. The first-order valence-electron chi connectivity index (χ1n) is 6.52. The molecule has 1 aliphatic heterocycles. The molecule has 2 heterocycles. The second kappa shape index (κ2) is 5.59. The quantitative estimate of drug-likeness (QED) is 0.851. The van der Waals surface area contributed by atoms with E-state index >= 15 is 0 Å². The summed E-state index contributed by atoms with van der Waals surface area (Å²) < 4.78 is 0. The van der Waals surface area contributed by atoms with Crippen molar-refractivity contribution in [2.75, 3.05) is 6.54 Å². The first kappa shape index (κ1) is 13.1. The predicted molar refractivity (Wildman–Crippen MR) is 76.3 cm³/mol. The van der Waals surface area contributed by atoms with Crippen LogP contribution in [0, 0.1) is 0 Å². The first-order chi connectivity index (χ1) is 9.72. The molecule has 3 rings (SSSR count). The second-order valence-electron chi connectivity index (χ2n) is 4.86. The van der Waals surface area contributed by atoms with Crippen LogP contribution in [0.4, 0.5) is 0 Å². The Bertz CT molecular complexity index is 627. The van der Waals surface area contributed by atoms with Crippen LogP contribution in [-0.4, -0.2) is 27.3 Å². The van der Waals surface area contributed by atoms with Gasteiger partial charge >= 0.3 is 0 Å². The Morgan fingerprint density at radius 1 is 1.30 bits per heavy atom. The van der Waals surface area contributed by atoms with E-state index in [1.54, 1.807) is 12.5 Å². The Labute approximate surface area is 122 Å². The van der Waals surface area contributed by atoms with Crippen LogP contribution in [-0.2, 0) is 24.2 Å². The average molecular weight is 288 g/mol. The predicted octanol–water partition coefficient (Wildman–Crippen LogP) is 2.26. The van der Waals surface area contributed by atoms with E-state index in [1.807, 2.05) is 29.2 Å². The maximum atomic E-state index is 12.3. The number of carbonyl (C=O) groups is 1. The van der Waals surface area contributed by atoms with E-state index < -0.39 is 0 Å². The van der Waals surface area contributed by atoms with E-state index in [-0.39, 0.29) is 5.91 Å². The van der Waals surface area contributed by atoms with Crippen molar-refractivity contribution < 1.29 is 4.79 Å². The Morgan fingerprint density at radius 3 is 2.90 bits per heavy atom. The summed E-state index contributed by atoms with van der Waals surface area (Å²) >= 11 is 5.84. The molecule has 1 amide bonds. The fourth-order valence-electron chi connectivity index (χ4n) is 2.37. The fraction of sp³-hybridized carbons (Fsp3) is 0.267. The SMILES string of the molecule is O=C(Cc1ccc(Cl)cc1)N1CCc2ncncc2C1. The molecule has 0 unspecified atom stereocenters. The van der Waals surface area contributed by atoms with Crippen LogP contribution in [0.1, 0.15) is 16.8 Å². The lowest BCUT2D eigenvalue weighted by molar-refractivity contribution is -0.131. The molecule has 2 aromatic rings. The molecule has 1 aromatic carbocycles. The molecule has 0 aliphatic carbocycles. The Balaban J connectivity index is 1.68. The molecule has 0 fully saturated rings. The van der Waals surface area contributed by atoms with Crippen molar-refractivity contribution in [2.45, 2.75) is 19.4 Å². The molecule has 0 saturated carbocycles. The molecule has 20 heavy (non-hydrogen) atoms. The molecule has 0 saturated heterocycles. The van der Waals surface area contributed by atoms with E-state index in [9.17, 15) is 4.79 Å². The lowest BCUT2D eigenvalue weighted by Crippen LogP contribution is -2.37. The maximum Gasteiger partial charge on any atom is 0.227 e. The molecule has 0 atom stereocenters. The Kier molecular flexibility index (Phi) is 3.65. The van der Waals surface area contributed by atoms with Gasteiger partial charge in [0.05, 0.1) is 12.1 Å². The molecule has 0 spiro atoms. The summed E-state index contributed by atoms with van der Waals surface area (Å²) in [4.78, 5) is 22.4. The summed E-state index contributed by atoms with van der Waals surface area (Å²) in [5, 5.41) is 0.685. The zero-order valence-corrected chi connectivity index (χ0v) is 11.7. The minimum Gasteiger partial charge on any atom is -0.338 e. The lowest BCUT2D eigenvalue weighted by atomic mass is 10.1. The summed E-state index contributed by atoms with van der Waals surface area (Å²) in [7, 11) is 0. The van der Waals surface area contributed by atoms with Crippen LogP contribution < -0.4 is 0 Å². The van der Waals surface area contributed by atoms with Crippen LogP contribution in [0.15, 0.2) is 36.8 Å². The molecule has 5 heteroatoms. The van der Waals surface area contributed by atoms with Gasteiger partial charge in [0, 0.05) is 36.3 Å². The van der Waals surface area contributed by atoms with Gasteiger partial charge in [-0.05, 0) is 17.7 Å². The van der Waals surface area contributed by atoms with Crippen LogP contribution in [0.25, 0.3) is 0 Å². The van der Waals surface area contributed by atoms with Crippen molar-refractivity contribution in [1.29, 1.82) is 0 Å². The zero-order chi connectivity index (χ0) is 13.9. The van der Waals surface area contributed by atoms with Crippen molar-refractivity contribution in [3.63, 3.8) is 0 Å². The highest BCUT2D eigenvalue weighted by atomic mass is 35.5. The fourth-order valence-corrected chi connectivity index (χ4v) is 2.49. The van der Waals surface area contributed by atoms with Crippen LogP contribution in [0.5, 0.6) is 0 Å². The van der Waals surface area contributed by atoms with Crippen molar-refractivity contribution >= 4 is 17.5 Å². The number of halogens is 1. The highest BCUT2D eigenvalue weighted by Gasteiger charge is 2.21. The molecule has 1 aromatic heterocycles. The Hall–Kier alpha value is -1.94. The van der Waals surface area contributed by atoms with E-state index in [2.05, 4.69) is 9.97 Å². The summed E-state index contributed by atoms with van der Waals surface area (Å²) in [6.07, 6.45) is 4.55. The smallest absolute Gasteiger partial charge is 0.227 e. The van der Waals surface area contributed by atoms with Gasteiger partial charge in [0.15, 0.2) is 0 Å². The molecule has 4 nitrogen and oxygen atoms in total. The summed E-state index contributed by atoms with van der Waals surface area (Å²) in [6.45, 7) is 1.32. The standard InChI is InChI=1S/C15H14ClN3O/c16-13-3-1-11(2-4-13)7-15(20)19-6-5-14-12(9-19)8-17-10-18-14/h1-4,8,10H,5-7,9H2. The summed E-state index contributed by atoms with van der Waals surface area (Å²) in [6, 6.07) is 7.40. The number of nitrogens with zero attached hydrogens (tertiary/aromatic N) is 3. The van der Waals surface area contributed by atoms with Gasteiger partial charge in [-0.2, -0.15) is 0 Å². The molecule has 0 N–H and O–H groups in total. The highest BCUT2D eigenvalue weighted by molar-refractivity contribution is 6.30. The lowest BCUT2D eigenvalue weighted by Gasteiger charge is -2.27. The third kappa shape index (κ3) is 2.80. The van der Waals surface area contributed by atoms with Crippen molar-refractivity contribution in [3.8, 4) is 0 Å². The van der Waals surface area contributed by atoms with E-state index in [0.29, 0.717) is 18.0 Å². The van der Waals surface area contributed by atoms with Crippen LogP contribution >= 0.6 is 11.6 Å². The topological polar surface area (TPSA) is 46.1 Å². The Morgan fingerprint density at radius 2 is 2.10 bits per heavy atom. The number of hydrogen-bond acceptors (Lipinski definition) is 3. The first-order valence-corrected chi connectivity index (χ1v) is 6.90. The number of carbonyl (C=O) groups excluding carboxylic acids is 1. The highest BCUT2D eigenvalue weighted by Crippen LogP contribution is 2.17. The number of hydrogen-bond donors (Lipinski definition) is 0. The number of fused-ring (bicyclic) bond motifs is 1. The number of benzene rings is 1. The molecule has 1 aliphatic rings. The number of rotatable bonds is 2. The van der Waals surface area contributed by atoms with Crippen molar-refractivity contribution in [1.82, 2.24) is 14.9 Å². The number of amides is 1. The maximum absolute atomic E-state index is 12.3. The van der Waals surface area contributed by atoms with Gasteiger partial charge in [-0.15, -0.1) is 0 Å². The van der Waals surface area contributed by atoms with Crippen LogP contribution in [0.2, 0.25) is 5.02 Å². The third-order valence-corrected chi connectivity index (χ3v) is 3.73. The van der Waals surface area contributed by atoms with E-state index in [1.165, 1.54) is 0 Å². The molecular formula is C15H14ClN3O. The van der Waals surface area contributed by atoms with Gasteiger partial charge < -0.3 is 4.90 Å². The van der Waals surface area contributed by atoms with Gasteiger partial charge in [-0.1, -0.05) is 23.7 Å². The van der Waals surface area contributed by atoms with Gasteiger partial charge in [-0.25, -0.2) is 9.97 Å². The zero-order valence-electron chi connectivity index (χ0n) is 10.9. The monoisotopic (exact) mass is 287 g/mol. The molecule has 102 valence electrons. The van der Waals surface area contributed by atoms with E-state index in [4.69, 9.17) is 11.6 Å². The minimum atomic E-state index is 0.127. The summed E-state index contributed by atoms with van der Waals surface area (Å²) in [5.74, 6) is 0.127. The summed E-state index contributed by atoms with van der Waals surface area (Å²) in [5.41, 5.74) is 3.08. The largest absolute Gasteiger partial charge is 0.338 e. The van der Waals surface area contributed by atoms with Crippen molar-refractivity contribution in [2.24, 2.45) is 0 Å². The minimum absolute atomic E-state index is 0.127. The van der Waals surface area contributed by atoms with Crippen LogP contribution in [0.3, 0.4) is 0 Å². The normalized spacial score (nSPS) is 13.9. The average Bonchev–Trinajstić information content (AvgIpc) is 2.49. The van der Waals surface area contributed by atoms with Gasteiger partial charge in [0.2, 0.25) is 5.91 Å². The van der Waals surface area contributed by atoms with Gasteiger partial charge in [0.1, 0.15) is 6.33 Å². The van der Waals surface area contributed by atoms with Gasteiger partial charge in [0.25, 0.3) is 0 Å². The molecular weight excluding hydrogens is 274 g/mol. The third-order valence-electron chi connectivity index (χ3n) is 3.48. The van der Waals surface area contributed by atoms with Crippen molar-refractivity contribution in [3.05, 3.63) is 58.6 Å². The molecule has 0 radical (unpaired) electrons. The van der Waals surface area contributed by atoms with E-state index in [0.717, 1.165) is 29.8 Å².